The smallest absolute Gasteiger partial charge is 0.303 e. The molecule has 1 aliphatic heterocycles. The molecule has 2 fully saturated rings. The van der Waals surface area contributed by atoms with Gasteiger partial charge in [-0.3, -0.25) is 9.59 Å². The summed E-state index contributed by atoms with van der Waals surface area (Å²) < 4.78 is 22.6. The molecule has 1 heterocycles. The van der Waals surface area contributed by atoms with Crippen molar-refractivity contribution in [2.24, 2.45) is 17.8 Å². The Labute approximate surface area is 199 Å². The molecule has 0 aromatic rings. The summed E-state index contributed by atoms with van der Waals surface area (Å²) in [6.45, 7) is 5.03. The third-order valence-corrected chi connectivity index (χ3v) is 7.71. The topological polar surface area (TPSA) is 71.1 Å². The van der Waals surface area contributed by atoms with E-state index < -0.39 is 24.5 Å². The van der Waals surface area contributed by atoms with Crippen molar-refractivity contribution in [2.45, 2.75) is 122 Å². The van der Waals surface area contributed by atoms with E-state index in [1.807, 2.05) is 6.08 Å². The Morgan fingerprint density at radius 2 is 1.55 bits per heavy atom. The third kappa shape index (κ3) is 8.71. The summed E-state index contributed by atoms with van der Waals surface area (Å²) in [6, 6.07) is 0. The summed E-state index contributed by atoms with van der Waals surface area (Å²) in [5, 5.41) is 0. The fraction of sp³-hybridized carbons (Fsp3) is 0.852. The monoisotopic (exact) mass is 464 g/mol. The molecule has 3 atom stereocenters. The average Bonchev–Trinajstić information content (AvgIpc) is 2.80. The van der Waals surface area contributed by atoms with Crippen LogP contribution in [0, 0.1) is 17.8 Å². The SMILES string of the molecule is CCCCCC1CCC(C2CCC(OC3C=CC(OC(C)=O)C(COC(C)=O)O3)CC2)CC1. The van der Waals surface area contributed by atoms with Crippen molar-refractivity contribution in [3.05, 3.63) is 12.2 Å². The zero-order valence-electron chi connectivity index (χ0n) is 20.8. The highest BCUT2D eigenvalue weighted by Crippen LogP contribution is 2.42. The summed E-state index contributed by atoms with van der Waals surface area (Å²) in [4.78, 5) is 22.6. The van der Waals surface area contributed by atoms with E-state index in [4.69, 9.17) is 18.9 Å². The second-order valence-electron chi connectivity index (χ2n) is 10.3. The minimum atomic E-state index is -0.575. The first-order chi connectivity index (χ1) is 15.9. The Morgan fingerprint density at radius 1 is 0.879 bits per heavy atom. The van der Waals surface area contributed by atoms with E-state index in [2.05, 4.69) is 6.92 Å². The largest absolute Gasteiger partial charge is 0.463 e. The van der Waals surface area contributed by atoms with Gasteiger partial charge in [-0.1, -0.05) is 45.4 Å². The Balaban J connectivity index is 1.40. The van der Waals surface area contributed by atoms with E-state index >= 15 is 0 Å². The van der Waals surface area contributed by atoms with Crippen LogP contribution in [0.3, 0.4) is 0 Å². The van der Waals surface area contributed by atoms with Gasteiger partial charge < -0.3 is 18.9 Å². The normalized spacial score (nSPS) is 34.6. The molecule has 2 saturated carbocycles. The summed E-state index contributed by atoms with van der Waals surface area (Å²) in [5.41, 5.74) is 0. The Bertz CT molecular complexity index is 631. The number of carbonyl (C=O) groups is 2. The van der Waals surface area contributed by atoms with Crippen molar-refractivity contribution in [1.29, 1.82) is 0 Å². The molecule has 3 unspecified atom stereocenters. The standard InChI is InChI=1S/C27H44O6/c1-4-5-6-7-21-8-10-22(11-9-21)23-12-14-24(15-13-23)32-27-17-16-25(31-20(3)29)26(33-27)18-30-19(2)28/h16-17,21-27H,4-15,18H2,1-3H3. The second kappa shape index (κ2) is 13.5. The van der Waals surface area contributed by atoms with Gasteiger partial charge in [0.15, 0.2) is 6.29 Å². The molecule has 188 valence electrons. The van der Waals surface area contributed by atoms with Crippen LogP contribution in [-0.4, -0.2) is 43.1 Å². The van der Waals surface area contributed by atoms with Crippen molar-refractivity contribution in [2.75, 3.05) is 6.61 Å². The van der Waals surface area contributed by atoms with Crippen LogP contribution in [0.1, 0.15) is 97.8 Å². The lowest BCUT2D eigenvalue weighted by atomic mass is 9.70. The molecule has 0 bridgehead atoms. The zero-order valence-corrected chi connectivity index (χ0v) is 20.8. The number of hydrogen-bond acceptors (Lipinski definition) is 6. The van der Waals surface area contributed by atoms with Gasteiger partial charge in [0.1, 0.15) is 18.8 Å². The Hall–Kier alpha value is -1.40. The van der Waals surface area contributed by atoms with Crippen molar-refractivity contribution >= 4 is 11.9 Å². The maximum atomic E-state index is 11.4. The summed E-state index contributed by atoms with van der Waals surface area (Å²) in [5.74, 6) is 1.93. The van der Waals surface area contributed by atoms with Crippen LogP contribution < -0.4 is 0 Å². The second-order valence-corrected chi connectivity index (χ2v) is 10.3. The van der Waals surface area contributed by atoms with Gasteiger partial charge in [-0.15, -0.1) is 0 Å². The van der Waals surface area contributed by atoms with Gasteiger partial charge in [0.25, 0.3) is 0 Å². The molecular weight excluding hydrogens is 420 g/mol. The number of carbonyl (C=O) groups excluding carboxylic acids is 2. The molecule has 0 aromatic heterocycles. The van der Waals surface area contributed by atoms with Crippen LogP contribution in [0.25, 0.3) is 0 Å². The van der Waals surface area contributed by atoms with Crippen molar-refractivity contribution in [1.82, 2.24) is 0 Å². The molecule has 3 aliphatic rings. The van der Waals surface area contributed by atoms with Crippen LogP contribution in [0.5, 0.6) is 0 Å². The Morgan fingerprint density at radius 3 is 2.15 bits per heavy atom. The fourth-order valence-electron chi connectivity index (χ4n) is 5.85. The van der Waals surface area contributed by atoms with Gasteiger partial charge in [-0.2, -0.15) is 0 Å². The van der Waals surface area contributed by atoms with Gasteiger partial charge in [-0.25, -0.2) is 0 Å². The van der Waals surface area contributed by atoms with E-state index in [0.29, 0.717) is 0 Å². The van der Waals surface area contributed by atoms with E-state index in [1.165, 1.54) is 78.1 Å². The first-order valence-electron chi connectivity index (χ1n) is 13.2. The van der Waals surface area contributed by atoms with Crippen molar-refractivity contribution in [3.63, 3.8) is 0 Å². The molecule has 3 rings (SSSR count). The van der Waals surface area contributed by atoms with Gasteiger partial charge in [0, 0.05) is 13.8 Å². The highest BCUT2D eigenvalue weighted by molar-refractivity contribution is 5.66. The lowest BCUT2D eigenvalue weighted by Crippen LogP contribution is -2.43. The molecule has 33 heavy (non-hydrogen) atoms. The third-order valence-electron chi connectivity index (χ3n) is 7.71. The molecule has 0 N–H and O–H groups in total. The van der Waals surface area contributed by atoms with Crippen LogP contribution in [0.15, 0.2) is 12.2 Å². The lowest BCUT2D eigenvalue weighted by molar-refractivity contribution is -0.213. The van der Waals surface area contributed by atoms with Gasteiger partial charge in [-0.05, 0) is 68.4 Å². The first kappa shape index (κ1) is 26.2. The average molecular weight is 465 g/mol. The molecule has 0 amide bonds. The number of hydrogen-bond donors (Lipinski definition) is 0. The van der Waals surface area contributed by atoms with E-state index in [1.54, 1.807) is 6.08 Å². The number of unbranched alkanes of at least 4 members (excludes halogenated alkanes) is 2. The molecule has 0 saturated heterocycles. The van der Waals surface area contributed by atoms with E-state index in [0.717, 1.165) is 30.6 Å². The lowest BCUT2D eigenvalue weighted by Gasteiger charge is -2.39. The Kier molecular flexibility index (Phi) is 10.7. The molecule has 0 spiro atoms. The molecule has 0 radical (unpaired) electrons. The van der Waals surface area contributed by atoms with E-state index in [-0.39, 0.29) is 18.7 Å². The van der Waals surface area contributed by atoms with Crippen LogP contribution >= 0.6 is 0 Å². The number of esters is 2. The minimum Gasteiger partial charge on any atom is -0.463 e. The highest BCUT2D eigenvalue weighted by Gasteiger charge is 2.35. The summed E-state index contributed by atoms with van der Waals surface area (Å²) in [6.07, 6.45) is 18.0. The highest BCUT2D eigenvalue weighted by atomic mass is 16.7. The maximum absolute atomic E-state index is 11.4. The van der Waals surface area contributed by atoms with Crippen LogP contribution in [-0.2, 0) is 28.5 Å². The zero-order chi connectivity index (χ0) is 23.6. The quantitative estimate of drug-likeness (QED) is 0.234. The summed E-state index contributed by atoms with van der Waals surface area (Å²) in [7, 11) is 0. The number of ether oxygens (including phenoxy) is 4. The molecule has 2 aliphatic carbocycles. The minimum absolute atomic E-state index is 0.0331. The van der Waals surface area contributed by atoms with Gasteiger partial charge >= 0.3 is 11.9 Å². The van der Waals surface area contributed by atoms with Gasteiger partial charge in [0.2, 0.25) is 0 Å². The van der Waals surface area contributed by atoms with E-state index in [9.17, 15) is 9.59 Å². The molecule has 6 nitrogen and oxygen atoms in total. The fourth-order valence-corrected chi connectivity index (χ4v) is 5.85. The van der Waals surface area contributed by atoms with Crippen LogP contribution in [0.2, 0.25) is 0 Å². The van der Waals surface area contributed by atoms with Crippen molar-refractivity contribution < 1.29 is 28.5 Å². The summed E-state index contributed by atoms with van der Waals surface area (Å²) >= 11 is 0. The predicted octanol–water partition coefficient (Wildman–Crippen LogP) is 5.72. The van der Waals surface area contributed by atoms with Gasteiger partial charge in [0.05, 0.1) is 6.10 Å². The molecule has 0 aromatic carbocycles. The number of rotatable bonds is 10. The maximum Gasteiger partial charge on any atom is 0.303 e. The molecular formula is C27H44O6. The van der Waals surface area contributed by atoms with Crippen molar-refractivity contribution in [3.8, 4) is 0 Å². The first-order valence-corrected chi connectivity index (χ1v) is 13.2. The molecule has 6 heteroatoms. The predicted molar refractivity (Wildman–Crippen MR) is 126 cm³/mol. The van der Waals surface area contributed by atoms with Crippen LogP contribution in [0.4, 0.5) is 0 Å².